The smallest absolute Gasteiger partial charge is 0.332 e. The number of rotatable bonds is 2. The molecule has 0 amide bonds. The molecule has 0 saturated heterocycles. The lowest BCUT2D eigenvalue weighted by atomic mass is 9.97. The van der Waals surface area contributed by atoms with Gasteiger partial charge in [-0.15, -0.1) is 0 Å². The van der Waals surface area contributed by atoms with Crippen LogP contribution in [0, 0.1) is 0 Å². The van der Waals surface area contributed by atoms with E-state index in [0.717, 1.165) is 15.7 Å². The zero-order chi connectivity index (χ0) is 20.0. The van der Waals surface area contributed by atoms with Gasteiger partial charge in [0.25, 0.3) is 5.56 Å². The van der Waals surface area contributed by atoms with Gasteiger partial charge in [-0.3, -0.25) is 13.9 Å². The fraction of sp³-hybridized carbons (Fsp3) is 0.0952. The summed E-state index contributed by atoms with van der Waals surface area (Å²) in [6.07, 6.45) is 0. The molecule has 4 aromatic rings. The first-order valence-electron chi connectivity index (χ1n) is 8.60. The normalized spacial score (nSPS) is 11.1. The van der Waals surface area contributed by atoms with Crippen LogP contribution in [0.15, 0.2) is 64.2 Å². The van der Waals surface area contributed by atoms with Gasteiger partial charge in [-0.05, 0) is 17.7 Å². The van der Waals surface area contributed by atoms with Crippen LogP contribution < -0.4 is 17.0 Å². The fourth-order valence-corrected chi connectivity index (χ4v) is 3.46. The molecule has 0 fully saturated rings. The van der Waals surface area contributed by atoms with E-state index in [0.29, 0.717) is 27.4 Å². The standard InChI is InChI=1S/C21H17ClN4O2/c1-25-19-16(20(27)26(2)21(25)28)15(12-6-4-3-5-7-12)17(23)18(24-19)13-8-10-14(22)11-9-13/h3-11H,23H2,1-2H3. The van der Waals surface area contributed by atoms with E-state index in [9.17, 15) is 9.59 Å². The molecule has 0 aliphatic rings. The highest BCUT2D eigenvalue weighted by Gasteiger charge is 2.21. The third-order valence-electron chi connectivity index (χ3n) is 4.81. The number of benzene rings is 2. The van der Waals surface area contributed by atoms with Crippen molar-refractivity contribution in [2.45, 2.75) is 0 Å². The number of nitrogens with zero attached hydrogens (tertiary/aromatic N) is 3. The van der Waals surface area contributed by atoms with Crippen LogP contribution in [0.1, 0.15) is 0 Å². The first kappa shape index (κ1) is 18.0. The summed E-state index contributed by atoms with van der Waals surface area (Å²) in [7, 11) is 3.04. The molecule has 6 nitrogen and oxygen atoms in total. The lowest BCUT2D eigenvalue weighted by Crippen LogP contribution is -2.37. The highest BCUT2D eigenvalue weighted by Crippen LogP contribution is 2.37. The van der Waals surface area contributed by atoms with Crippen LogP contribution in [0.25, 0.3) is 33.4 Å². The van der Waals surface area contributed by atoms with Crippen LogP contribution in [-0.2, 0) is 14.1 Å². The molecule has 0 atom stereocenters. The van der Waals surface area contributed by atoms with Gasteiger partial charge in [0.2, 0.25) is 0 Å². The highest BCUT2D eigenvalue weighted by atomic mass is 35.5. The first-order valence-corrected chi connectivity index (χ1v) is 8.98. The lowest BCUT2D eigenvalue weighted by Gasteiger charge is -2.16. The zero-order valence-corrected chi connectivity index (χ0v) is 16.1. The van der Waals surface area contributed by atoms with Crippen molar-refractivity contribution in [1.82, 2.24) is 14.1 Å². The highest BCUT2D eigenvalue weighted by molar-refractivity contribution is 6.30. The molecule has 0 aliphatic carbocycles. The summed E-state index contributed by atoms with van der Waals surface area (Å²) in [5.41, 5.74) is 8.88. The molecule has 2 aromatic carbocycles. The van der Waals surface area contributed by atoms with Crippen molar-refractivity contribution in [2.75, 3.05) is 5.73 Å². The summed E-state index contributed by atoms with van der Waals surface area (Å²) < 4.78 is 2.43. The van der Waals surface area contributed by atoms with E-state index < -0.39 is 11.2 Å². The molecule has 2 aromatic heterocycles. The number of anilines is 1. The second kappa shape index (κ2) is 6.65. The average Bonchev–Trinajstić information content (AvgIpc) is 2.71. The maximum Gasteiger partial charge on any atom is 0.332 e. The number of fused-ring (bicyclic) bond motifs is 1. The Labute approximate surface area is 165 Å². The van der Waals surface area contributed by atoms with Crippen molar-refractivity contribution in [3.8, 4) is 22.4 Å². The molecule has 2 heterocycles. The molecule has 4 rings (SSSR count). The number of nitrogens with two attached hydrogens (primary N) is 1. The number of hydrogen-bond donors (Lipinski definition) is 1. The molecule has 7 heteroatoms. The molecule has 140 valence electrons. The Morgan fingerprint density at radius 2 is 1.54 bits per heavy atom. The summed E-state index contributed by atoms with van der Waals surface area (Å²) in [6, 6.07) is 16.5. The molecule has 0 saturated carbocycles. The largest absolute Gasteiger partial charge is 0.396 e. The Kier molecular flexibility index (Phi) is 4.28. The summed E-state index contributed by atoms with van der Waals surface area (Å²) >= 11 is 6.00. The van der Waals surface area contributed by atoms with Gasteiger partial charge in [0.15, 0.2) is 5.65 Å². The number of nitrogen functional groups attached to an aromatic ring is 1. The third-order valence-corrected chi connectivity index (χ3v) is 5.06. The van der Waals surface area contributed by atoms with Gasteiger partial charge in [-0.25, -0.2) is 9.78 Å². The Bertz CT molecular complexity index is 1320. The van der Waals surface area contributed by atoms with Crippen molar-refractivity contribution in [3.05, 3.63) is 80.5 Å². The Morgan fingerprint density at radius 3 is 2.18 bits per heavy atom. The monoisotopic (exact) mass is 392 g/mol. The second-order valence-electron chi connectivity index (χ2n) is 6.53. The summed E-state index contributed by atoms with van der Waals surface area (Å²) in [4.78, 5) is 30.0. The quantitative estimate of drug-likeness (QED) is 0.567. The zero-order valence-electron chi connectivity index (χ0n) is 15.3. The number of pyridine rings is 1. The van der Waals surface area contributed by atoms with E-state index in [2.05, 4.69) is 4.98 Å². The Morgan fingerprint density at radius 1 is 0.893 bits per heavy atom. The van der Waals surface area contributed by atoms with Gasteiger partial charge >= 0.3 is 5.69 Å². The second-order valence-corrected chi connectivity index (χ2v) is 6.96. The Hall–Kier alpha value is -3.38. The van der Waals surface area contributed by atoms with Gasteiger partial charge < -0.3 is 5.73 Å². The molecular weight excluding hydrogens is 376 g/mol. The van der Waals surface area contributed by atoms with Crippen LogP contribution in [0.3, 0.4) is 0 Å². The molecule has 0 radical (unpaired) electrons. The van der Waals surface area contributed by atoms with Gasteiger partial charge in [-0.2, -0.15) is 0 Å². The van der Waals surface area contributed by atoms with E-state index >= 15 is 0 Å². The number of halogens is 1. The van der Waals surface area contributed by atoms with Crippen LogP contribution in [-0.4, -0.2) is 14.1 Å². The van der Waals surface area contributed by atoms with Crippen molar-refractivity contribution in [3.63, 3.8) is 0 Å². The minimum atomic E-state index is -0.448. The molecule has 28 heavy (non-hydrogen) atoms. The number of hydrogen-bond acceptors (Lipinski definition) is 4. The third kappa shape index (κ3) is 2.70. The maximum absolute atomic E-state index is 13.0. The van der Waals surface area contributed by atoms with Crippen molar-refractivity contribution in [1.29, 1.82) is 0 Å². The van der Waals surface area contributed by atoms with Crippen LogP contribution in [0.5, 0.6) is 0 Å². The maximum atomic E-state index is 13.0. The van der Waals surface area contributed by atoms with E-state index in [1.807, 2.05) is 30.3 Å². The SMILES string of the molecule is Cn1c(=O)c2c(-c3ccccc3)c(N)c(-c3ccc(Cl)cc3)nc2n(C)c1=O. The van der Waals surface area contributed by atoms with Crippen LogP contribution in [0.4, 0.5) is 5.69 Å². The van der Waals surface area contributed by atoms with E-state index in [1.165, 1.54) is 11.6 Å². The van der Waals surface area contributed by atoms with Crippen LogP contribution >= 0.6 is 11.6 Å². The van der Waals surface area contributed by atoms with Crippen molar-refractivity contribution >= 4 is 28.3 Å². The fourth-order valence-electron chi connectivity index (χ4n) is 3.33. The Balaban J connectivity index is 2.24. The molecular formula is C21H17ClN4O2. The van der Waals surface area contributed by atoms with E-state index in [1.54, 1.807) is 31.3 Å². The number of aryl methyl sites for hydroxylation is 1. The summed E-state index contributed by atoms with van der Waals surface area (Å²) in [5.74, 6) is 0. The molecule has 0 bridgehead atoms. The molecule has 0 unspecified atom stereocenters. The van der Waals surface area contributed by atoms with Gasteiger partial charge in [0, 0.05) is 30.2 Å². The number of aromatic nitrogens is 3. The predicted molar refractivity (Wildman–Crippen MR) is 113 cm³/mol. The van der Waals surface area contributed by atoms with E-state index in [4.69, 9.17) is 17.3 Å². The van der Waals surface area contributed by atoms with Gasteiger partial charge in [0.05, 0.1) is 16.8 Å². The topological polar surface area (TPSA) is 82.9 Å². The molecule has 0 spiro atoms. The van der Waals surface area contributed by atoms with Crippen LogP contribution in [0.2, 0.25) is 5.02 Å². The molecule has 0 aliphatic heterocycles. The lowest BCUT2D eigenvalue weighted by molar-refractivity contribution is 0.708. The predicted octanol–water partition coefficient (Wildman–Crippen LogP) is 3.20. The van der Waals surface area contributed by atoms with Crippen molar-refractivity contribution in [2.24, 2.45) is 14.1 Å². The minimum absolute atomic E-state index is 0.283. The van der Waals surface area contributed by atoms with E-state index in [-0.39, 0.29) is 5.65 Å². The minimum Gasteiger partial charge on any atom is -0.396 e. The first-order chi connectivity index (χ1) is 13.4. The van der Waals surface area contributed by atoms with Crippen molar-refractivity contribution < 1.29 is 0 Å². The van der Waals surface area contributed by atoms with Gasteiger partial charge in [-0.1, -0.05) is 54.1 Å². The summed E-state index contributed by atoms with van der Waals surface area (Å²) in [5, 5.41) is 0.902. The molecule has 2 N–H and O–H groups in total. The summed E-state index contributed by atoms with van der Waals surface area (Å²) in [6.45, 7) is 0. The average molecular weight is 393 g/mol. The van der Waals surface area contributed by atoms with Gasteiger partial charge in [0.1, 0.15) is 0 Å².